The van der Waals surface area contributed by atoms with Crippen molar-refractivity contribution < 1.29 is 43.9 Å². The highest BCUT2D eigenvalue weighted by atomic mass is 31.1. The third-order valence-electron chi connectivity index (χ3n) is 5.91. The standard InChI is InChI=1S/C24H12BF10P/c26-15-13(16(27)20(31)23(34)19(15)30)25(14-17(28)21(32)24(35)22(33)18(14)29)36(11-7-3-1-4-8-11)12-9-5-2-6-10-12/h1-10,25,36H. The van der Waals surface area contributed by atoms with Gasteiger partial charge in [-0.15, -0.1) is 0 Å². The molecule has 0 aliphatic rings. The second-order valence-corrected chi connectivity index (χ2v) is 10.7. The maximum atomic E-state index is 15.1. The minimum atomic E-state index is -3.70. The van der Waals surface area contributed by atoms with E-state index in [9.17, 15) is 26.3 Å². The lowest BCUT2D eigenvalue weighted by atomic mass is 9.60. The summed E-state index contributed by atoms with van der Waals surface area (Å²) in [6.07, 6.45) is -3.70. The van der Waals surface area contributed by atoms with Gasteiger partial charge in [-0.2, -0.15) is 0 Å². The zero-order valence-electron chi connectivity index (χ0n) is 17.8. The summed E-state index contributed by atoms with van der Waals surface area (Å²) in [7, 11) is -3.01. The second-order valence-electron chi connectivity index (χ2n) is 7.84. The van der Waals surface area contributed by atoms with Gasteiger partial charge in [0.2, 0.25) is 6.43 Å². The average molecular weight is 532 g/mol. The summed E-state index contributed by atoms with van der Waals surface area (Å²) in [6, 6.07) is 14.3. The molecule has 0 aliphatic heterocycles. The van der Waals surface area contributed by atoms with E-state index < -0.39 is 83.3 Å². The molecule has 0 atom stereocenters. The Morgan fingerprint density at radius 2 is 0.611 bits per heavy atom. The van der Waals surface area contributed by atoms with Crippen LogP contribution in [0.5, 0.6) is 0 Å². The van der Waals surface area contributed by atoms with Gasteiger partial charge in [-0.25, -0.2) is 43.9 Å². The predicted molar refractivity (Wildman–Crippen MR) is 119 cm³/mol. The molecule has 4 aromatic rings. The Labute approximate surface area is 199 Å². The molecule has 12 heteroatoms. The minimum absolute atomic E-state index is 0.168. The van der Waals surface area contributed by atoms with Gasteiger partial charge in [-0.1, -0.05) is 55.1 Å². The van der Waals surface area contributed by atoms with Gasteiger partial charge in [0.25, 0.3) is 0 Å². The highest BCUT2D eigenvalue weighted by Crippen LogP contribution is 2.39. The average Bonchev–Trinajstić information content (AvgIpc) is 2.90. The molecule has 0 saturated carbocycles. The Morgan fingerprint density at radius 1 is 0.361 bits per heavy atom. The molecule has 0 nitrogen and oxygen atoms in total. The quantitative estimate of drug-likeness (QED) is 0.114. The van der Waals surface area contributed by atoms with E-state index in [1.807, 2.05) is 0 Å². The number of hydrogen-bond acceptors (Lipinski definition) is 0. The molecule has 0 fully saturated rings. The predicted octanol–water partition coefficient (Wildman–Crippen LogP) is 4.78. The van der Waals surface area contributed by atoms with Gasteiger partial charge in [0, 0.05) is 0 Å². The van der Waals surface area contributed by atoms with Crippen molar-refractivity contribution in [3.8, 4) is 0 Å². The lowest BCUT2D eigenvalue weighted by Gasteiger charge is -2.30. The summed E-state index contributed by atoms with van der Waals surface area (Å²) >= 11 is 0. The van der Waals surface area contributed by atoms with Crippen molar-refractivity contribution in [1.29, 1.82) is 0 Å². The molecular formula is C24H12BF10P. The first-order valence-corrected chi connectivity index (χ1v) is 12.0. The third kappa shape index (κ3) is 4.15. The molecule has 0 N–H and O–H groups in total. The van der Waals surface area contributed by atoms with E-state index in [1.165, 1.54) is 60.7 Å². The molecule has 0 spiro atoms. The normalized spacial score (nSPS) is 11.6. The molecule has 0 aromatic heterocycles. The van der Waals surface area contributed by atoms with Crippen molar-refractivity contribution >= 4 is 35.8 Å². The number of rotatable bonds is 5. The SMILES string of the molecule is Fc1c(F)c(F)c([BH-](c2c(F)c(F)c(F)c(F)c2F)[PH+](c2ccccc2)c2ccccc2)c(F)c1F. The first-order chi connectivity index (χ1) is 17.1. The van der Waals surface area contributed by atoms with Crippen LogP contribution in [0.3, 0.4) is 0 Å². The van der Waals surface area contributed by atoms with Crippen LogP contribution in [0.2, 0.25) is 0 Å². The molecule has 0 heterocycles. The van der Waals surface area contributed by atoms with E-state index in [0.29, 0.717) is 0 Å². The summed E-state index contributed by atoms with van der Waals surface area (Å²) in [5, 5.41) is 0.336. The van der Waals surface area contributed by atoms with E-state index in [4.69, 9.17) is 0 Å². The molecule has 0 unspecified atom stereocenters. The van der Waals surface area contributed by atoms with Crippen LogP contribution in [-0.4, -0.2) is 6.43 Å². The monoisotopic (exact) mass is 532 g/mol. The zero-order valence-corrected chi connectivity index (χ0v) is 18.8. The Balaban J connectivity index is 2.22. The van der Waals surface area contributed by atoms with Crippen LogP contribution in [0.25, 0.3) is 0 Å². The summed E-state index contributed by atoms with van der Waals surface area (Å²) in [5.41, 5.74) is -3.26. The highest BCUT2D eigenvalue weighted by Gasteiger charge is 2.42. The van der Waals surface area contributed by atoms with Crippen molar-refractivity contribution in [1.82, 2.24) is 0 Å². The largest absolute Gasteiger partial charge is 0.227 e. The number of halogens is 10. The van der Waals surface area contributed by atoms with Crippen LogP contribution < -0.4 is 21.5 Å². The van der Waals surface area contributed by atoms with Gasteiger partial charge in [-0.05, 0) is 24.3 Å². The van der Waals surface area contributed by atoms with Gasteiger partial charge in [0.1, 0.15) is 23.3 Å². The zero-order chi connectivity index (χ0) is 26.3. The van der Waals surface area contributed by atoms with Crippen LogP contribution in [0.4, 0.5) is 43.9 Å². The summed E-state index contributed by atoms with van der Waals surface area (Å²) in [4.78, 5) is 0. The molecule has 4 rings (SSSR count). The van der Waals surface area contributed by atoms with E-state index in [1.54, 1.807) is 0 Å². The molecule has 0 saturated heterocycles. The van der Waals surface area contributed by atoms with Crippen LogP contribution >= 0.6 is 7.80 Å². The maximum Gasteiger partial charge on any atom is 0.227 e. The fraction of sp³-hybridized carbons (Fsp3) is 0. The van der Waals surface area contributed by atoms with E-state index >= 15 is 17.6 Å². The van der Waals surface area contributed by atoms with Gasteiger partial charge in [0.15, 0.2) is 34.9 Å². The summed E-state index contributed by atoms with van der Waals surface area (Å²) in [6.45, 7) is 0. The number of hydrogen-bond donors (Lipinski definition) is 0. The van der Waals surface area contributed by atoms with Crippen molar-refractivity contribution in [3.63, 3.8) is 0 Å². The number of benzene rings is 4. The van der Waals surface area contributed by atoms with Gasteiger partial charge in [-0.3, -0.25) is 0 Å². The van der Waals surface area contributed by atoms with E-state index in [2.05, 4.69) is 0 Å². The van der Waals surface area contributed by atoms with Crippen LogP contribution in [-0.2, 0) is 0 Å². The molecule has 186 valence electrons. The fourth-order valence-corrected chi connectivity index (χ4v) is 7.97. The Kier molecular flexibility index (Phi) is 7.13. The first-order valence-electron chi connectivity index (χ1n) is 10.3. The van der Waals surface area contributed by atoms with E-state index in [0.717, 1.165) is 0 Å². The molecule has 0 bridgehead atoms. The molecule has 0 aliphatic carbocycles. The second kappa shape index (κ2) is 9.97. The van der Waals surface area contributed by atoms with Gasteiger partial charge in [0.05, 0.1) is 10.6 Å². The van der Waals surface area contributed by atoms with Crippen LogP contribution in [0, 0.1) is 58.2 Å². The molecule has 0 amide bonds. The first kappa shape index (κ1) is 25.8. The lowest BCUT2D eigenvalue weighted by molar-refractivity contribution is 0.382. The van der Waals surface area contributed by atoms with Crippen molar-refractivity contribution in [2.24, 2.45) is 0 Å². The maximum absolute atomic E-state index is 15.1. The molecular weight excluding hydrogens is 520 g/mol. The fourth-order valence-electron chi connectivity index (χ4n) is 4.31. The topological polar surface area (TPSA) is 0 Å². The molecule has 0 radical (unpaired) electrons. The lowest BCUT2D eigenvalue weighted by Crippen LogP contribution is -2.52. The Morgan fingerprint density at radius 3 is 0.889 bits per heavy atom. The molecule has 4 aromatic carbocycles. The van der Waals surface area contributed by atoms with Crippen LogP contribution in [0.1, 0.15) is 0 Å². The van der Waals surface area contributed by atoms with E-state index in [-0.39, 0.29) is 10.6 Å². The Bertz CT molecular complexity index is 1280. The van der Waals surface area contributed by atoms with Crippen molar-refractivity contribution in [2.75, 3.05) is 0 Å². The molecule has 36 heavy (non-hydrogen) atoms. The Hall–Kier alpha value is -3.33. The summed E-state index contributed by atoms with van der Waals surface area (Å²) in [5.74, 6) is -24.3. The van der Waals surface area contributed by atoms with Crippen LogP contribution in [0.15, 0.2) is 60.7 Å². The summed E-state index contributed by atoms with van der Waals surface area (Å²) < 4.78 is 145. The van der Waals surface area contributed by atoms with Gasteiger partial charge < -0.3 is 0 Å². The van der Waals surface area contributed by atoms with Crippen molar-refractivity contribution in [2.45, 2.75) is 0 Å². The highest BCUT2D eigenvalue weighted by molar-refractivity contribution is 8.04. The van der Waals surface area contributed by atoms with Gasteiger partial charge >= 0.3 is 0 Å². The smallest absolute Gasteiger partial charge is 0.207 e. The third-order valence-corrected chi connectivity index (χ3v) is 9.38. The van der Waals surface area contributed by atoms with Crippen molar-refractivity contribution in [3.05, 3.63) is 119 Å². The minimum Gasteiger partial charge on any atom is -0.207 e.